The van der Waals surface area contributed by atoms with Gasteiger partial charge in [0.25, 0.3) is 5.56 Å². The van der Waals surface area contributed by atoms with E-state index in [2.05, 4.69) is 23.1 Å². The Morgan fingerprint density at radius 3 is 2.38 bits per heavy atom. The Morgan fingerprint density at radius 1 is 1.12 bits per heavy atom. The van der Waals surface area contributed by atoms with E-state index in [1.54, 1.807) is 0 Å². The molecule has 0 aromatic heterocycles. The monoisotopic (exact) mass is 550 g/mol. The van der Waals surface area contributed by atoms with Gasteiger partial charge in [-0.2, -0.15) is 13.6 Å². The smallest absolute Gasteiger partial charge is 0.387 e. The fraction of sp³-hybridized carbons (Fsp3) is 0.429. The summed E-state index contributed by atoms with van der Waals surface area (Å²) in [4.78, 5) is 54.3. The van der Waals surface area contributed by atoms with E-state index in [0.717, 1.165) is 6.20 Å². The molecular weight excluding hydrogens is 532 g/mol. The Labute approximate surface area is 188 Å². The van der Waals surface area contributed by atoms with Gasteiger partial charge < -0.3 is 39.5 Å². The van der Waals surface area contributed by atoms with Crippen molar-refractivity contribution in [3.63, 3.8) is 0 Å². The van der Waals surface area contributed by atoms with Crippen LogP contribution in [-0.2, 0) is 31.6 Å². The molecule has 7 N–H and O–H groups in total. The standard InChI is InChI=1S/C14H18FN2O14P3/c1-5-6-2-7(14(20)17-13(6)16-3-8(5)15)12-11(19)10(18)9(29-12)4-28-33(24,25)31-34(26,27)30-32(21,22)23/h2-3,9-12,18-19H,4H2,1H3,(H,24,25)(H,26,27)(H,16,17,20)(H2,21,22,23)/t9-,10+,11?,12+/m1/s1. The fourth-order valence-corrected chi connectivity index (χ4v) is 6.12. The van der Waals surface area contributed by atoms with Gasteiger partial charge >= 0.3 is 23.5 Å². The SMILES string of the molecule is Cc1c(F)c[nH]c2nc(=O)c([C@@H]3O[C@H](COP(=O)(O)OP(=O)(O)OP(=O)(O)O)[C@H](O)C3O)cc1-2. The summed E-state index contributed by atoms with van der Waals surface area (Å²) >= 11 is 0. The molecule has 3 rings (SSSR count). The molecule has 1 saturated heterocycles. The Bertz CT molecular complexity index is 1250. The first-order valence-corrected chi connectivity index (χ1v) is 13.5. The van der Waals surface area contributed by atoms with Crippen LogP contribution in [0.4, 0.5) is 4.39 Å². The molecule has 0 spiro atoms. The highest BCUT2D eigenvalue weighted by atomic mass is 31.3. The first kappa shape index (κ1) is 27.2. The summed E-state index contributed by atoms with van der Waals surface area (Å²) < 4.78 is 64.5. The Balaban J connectivity index is 1.77. The van der Waals surface area contributed by atoms with E-state index in [0.29, 0.717) is 0 Å². The molecule has 190 valence electrons. The number of hydrogen-bond donors (Lipinski definition) is 7. The molecule has 3 aliphatic rings. The molecule has 0 bridgehead atoms. The van der Waals surface area contributed by atoms with Gasteiger partial charge in [-0.1, -0.05) is 0 Å². The summed E-state index contributed by atoms with van der Waals surface area (Å²) in [5.74, 6) is -0.592. The second-order valence-electron chi connectivity index (χ2n) is 7.00. The van der Waals surface area contributed by atoms with E-state index >= 15 is 0 Å². The summed E-state index contributed by atoms with van der Waals surface area (Å²) in [6.07, 6.45) is -5.73. The van der Waals surface area contributed by atoms with Crippen molar-refractivity contribution in [1.29, 1.82) is 0 Å². The van der Waals surface area contributed by atoms with E-state index in [-0.39, 0.29) is 22.5 Å². The molecule has 34 heavy (non-hydrogen) atoms. The zero-order valence-electron chi connectivity index (χ0n) is 16.8. The molecule has 3 heterocycles. The molecule has 6 atom stereocenters. The number of phosphoric ester groups is 1. The number of aliphatic hydroxyl groups excluding tert-OH is 2. The maximum Gasteiger partial charge on any atom is 0.490 e. The lowest BCUT2D eigenvalue weighted by molar-refractivity contribution is -0.0226. The number of H-pyrrole nitrogens is 1. The molecule has 20 heteroatoms. The molecule has 1 fully saturated rings. The van der Waals surface area contributed by atoms with Crippen LogP contribution in [0.5, 0.6) is 0 Å². The first-order chi connectivity index (χ1) is 15.5. The van der Waals surface area contributed by atoms with Crippen molar-refractivity contribution in [2.45, 2.75) is 31.3 Å². The maximum absolute atomic E-state index is 13.9. The highest BCUT2D eigenvalue weighted by molar-refractivity contribution is 7.66. The van der Waals surface area contributed by atoms with Gasteiger partial charge in [0.05, 0.1) is 12.2 Å². The van der Waals surface area contributed by atoms with Gasteiger partial charge in [-0.3, -0.25) is 9.32 Å². The van der Waals surface area contributed by atoms with Crippen LogP contribution < -0.4 is 5.56 Å². The van der Waals surface area contributed by atoms with Gasteiger partial charge in [-0.25, -0.2) is 18.1 Å². The normalized spacial score (nSPS) is 26.9. The lowest BCUT2D eigenvalue weighted by atomic mass is 9.99. The average Bonchev–Trinajstić information content (AvgIpc) is 2.95. The third-order valence-corrected chi connectivity index (χ3v) is 8.40. The number of aliphatic hydroxyl groups is 2. The number of hydrogen-bond acceptors (Lipinski definition) is 11. The Morgan fingerprint density at radius 2 is 1.76 bits per heavy atom. The van der Waals surface area contributed by atoms with Crippen molar-refractivity contribution in [1.82, 2.24) is 9.97 Å². The largest absolute Gasteiger partial charge is 0.490 e. The number of aromatic nitrogens is 2. The van der Waals surface area contributed by atoms with Crippen molar-refractivity contribution in [2.24, 2.45) is 0 Å². The highest BCUT2D eigenvalue weighted by Crippen LogP contribution is 2.66. The van der Waals surface area contributed by atoms with E-state index < -0.39 is 65.9 Å². The minimum absolute atomic E-state index is 0.0462. The van der Waals surface area contributed by atoms with E-state index in [9.17, 15) is 38.0 Å². The van der Waals surface area contributed by atoms with Crippen molar-refractivity contribution >= 4 is 23.5 Å². The van der Waals surface area contributed by atoms with Crippen molar-refractivity contribution in [2.75, 3.05) is 6.61 Å². The molecule has 16 nitrogen and oxygen atoms in total. The maximum atomic E-state index is 13.9. The van der Waals surface area contributed by atoms with Crippen LogP contribution in [0.1, 0.15) is 17.2 Å². The number of halogens is 1. The number of nitrogens with zero attached hydrogens (tertiary/aromatic N) is 1. The lowest BCUT2D eigenvalue weighted by Crippen LogP contribution is -2.33. The zero-order chi connectivity index (χ0) is 25.6. The van der Waals surface area contributed by atoms with E-state index in [1.165, 1.54) is 13.0 Å². The number of aromatic amines is 1. The van der Waals surface area contributed by atoms with Gasteiger partial charge in [-0.05, 0) is 18.6 Å². The van der Waals surface area contributed by atoms with E-state index in [4.69, 9.17) is 19.4 Å². The summed E-state index contributed by atoms with van der Waals surface area (Å²) in [7, 11) is -16.9. The molecule has 3 unspecified atom stereocenters. The second-order valence-corrected chi connectivity index (χ2v) is 11.4. The van der Waals surface area contributed by atoms with Crippen molar-refractivity contribution in [3.8, 4) is 11.4 Å². The second kappa shape index (κ2) is 9.56. The molecule has 0 aromatic carbocycles. The zero-order valence-corrected chi connectivity index (χ0v) is 19.5. The van der Waals surface area contributed by atoms with Crippen LogP contribution in [0.15, 0.2) is 17.1 Å². The molecule has 0 aromatic rings. The average molecular weight is 550 g/mol. The predicted molar refractivity (Wildman–Crippen MR) is 106 cm³/mol. The number of phosphoric acid groups is 3. The third kappa shape index (κ3) is 6.22. The van der Waals surface area contributed by atoms with Crippen LogP contribution in [-0.4, -0.2) is 64.7 Å². The number of ether oxygens (including phenoxy) is 1. The van der Waals surface area contributed by atoms with Gasteiger partial charge in [0.1, 0.15) is 36.1 Å². The number of pyridine rings is 2. The molecule has 0 saturated carbocycles. The Hall–Kier alpha value is -1.42. The predicted octanol–water partition coefficient (Wildman–Crippen LogP) is -0.173. The topological polar surface area (TPSA) is 255 Å². The summed E-state index contributed by atoms with van der Waals surface area (Å²) in [6, 6.07) is 1.19. The minimum Gasteiger partial charge on any atom is -0.387 e. The van der Waals surface area contributed by atoms with Crippen LogP contribution in [0.3, 0.4) is 0 Å². The molecule has 0 amide bonds. The lowest BCUT2D eigenvalue weighted by Gasteiger charge is -2.19. The summed E-state index contributed by atoms with van der Waals surface area (Å²) in [6.45, 7) is 0.350. The first-order valence-electron chi connectivity index (χ1n) is 8.98. The van der Waals surface area contributed by atoms with Gasteiger partial charge in [0, 0.05) is 11.8 Å². The molecule has 0 radical (unpaired) electrons. The van der Waals surface area contributed by atoms with Crippen molar-refractivity contribution in [3.05, 3.63) is 39.6 Å². The number of rotatable bonds is 8. The van der Waals surface area contributed by atoms with Gasteiger partial charge in [0.15, 0.2) is 0 Å². The van der Waals surface area contributed by atoms with Crippen LogP contribution in [0, 0.1) is 12.7 Å². The molecular formula is C14H18FN2O14P3. The fourth-order valence-electron chi connectivity index (χ4n) is 3.09. The number of nitrogens with one attached hydrogen (secondary N) is 1. The van der Waals surface area contributed by atoms with Crippen molar-refractivity contribution < 1.29 is 65.8 Å². The molecule has 0 aliphatic carbocycles. The Kier molecular flexibility index (Phi) is 7.64. The van der Waals surface area contributed by atoms with E-state index in [1.807, 2.05) is 0 Å². The molecule has 3 aliphatic heterocycles. The number of fused-ring (bicyclic) bond motifs is 1. The minimum atomic E-state index is -5.76. The quantitative estimate of drug-likeness (QED) is 0.211. The van der Waals surface area contributed by atoms with Gasteiger partial charge in [0.2, 0.25) is 0 Å². The highest BCUT2D eigenvalue weighted by Gasteiger charge is 2.47. The third-order valence-electron chi connectivity index (χ3n) is 4.60. The summed E-state index contributed by atoms with van der Waals surface area (Å²) in [5, 5.41) is 20.5. The van der Waals surface area contributed by atoms with Crippen LogP contribution in [0.2, 0.25) is 0 Å². The van der Waals surface area contributed by atoms with Gasteiger partial charge in [-0.15, -0.1) is 0 Å². The summed E-state index contributed by atoms with van der Waals surface area (Å²) in [5.41, 5.74) is -0.863. The van der Waals surface area contributed by atoms with Crippen LogP contribution in [0.25, 0.3) is 11.4 Å². The van der Waals surface area contributed by atoms with Crippen LogP contribution >= 0.6 is 23.5 Å².